The number of anilines is 3. The van der Waals surface area contributed by atoms with Gasteiger partial charge in [0.1, 0.15) is 18.2 Å². The van der Waals surface area contributed by atoms with Crippen molar-refractivity contribution in [2.24, 2.45) is 0 Å². The van der Waals surface area contributed by atoms with Crippen molar-refractivity contribution < 1.29 is 22.3 Å². The van der Waals surface area contributed by atoms with Crippen molar-refractivity contribution in [2.75, 3.05) is 36.2 Å². The summed E-state index contributed by atoms with van der Waals surface area (Å²) in [4.78, 5) is 22.6. The SMILES string of the molecule is CS(=O)(=O)NCCC(=O)Nc1cc(N2CCOc3cnc(-c4cc(Cl)ccc4F)cc32)ccn1. The summed E-state index contributed by atoms with van der Waals surface area (Å²) in [5, 5.41) is 3.06. The first-order chi connectivity index (χ1) is 16.2. The Hall–Kier alpha value is -3.28. The highest BCUT2D eigenvalue weighted by atomic mass is 35.5. The number of sulfonamides is 1. The highest BCUT2D eigenvalue weighted by Crippen LogP contribution is 2.39. The van der Waals surface area contributed by atoms with Crippen molar-refractivity contribution in [2.45, 2.75) is 6.42 Å². The smallest absolute Gasteiger partial charge is 0.226 e. The summed E-state index contributed by atoms with van der Waals surface area (Å²) in [6, 6.07) is 9.46. The lowest BCUT2D eigenvalue weighted by molar-refractivity contribution is -0.116. The second-order valence-corrected chi connectivity index (χ2v) is 9.79. The van der Waals surface area contributed by atoms with E-state index >= 15 is 0 Å². The van der Waals surface area contributed by atoms with Crippen LogP contribution < -0.4 is 19.7 Å². The maximum atomic E-state index is 14.4. The minimum Gasteiger partial charge on any atom is -0.488 e. The number of carbonyl (C=O) groups is 1. The number of amides is 1. The molecule has 9 nitrogen and oxygen atoms in total. The van der Waals surface area contributed by atoms with Gasteiger partial charge in [0.25, 0.3) is 0 Å². The lowest BCUT2D eigenvalue weighted by Crippen LogP contribution is -2.29. The third-order valence-corrected chi connectivity index (χ3v) is 5.92. The first-order valence-electron chi connectivity index (χ1n) is 10.3. The second kappa shape index (κ2) is 9.92. The highest BCUT2D eigenvalue weighted by molar-refractivity contribution is 7.88. The average Bonchev–Trinajstić information content (AvgIpc) is 2.79. The number of benzene rings is 1. The van der Waals surface area contributed by atoms with Crippen LogP contribution in [0.4, 0.5) is 21.6 Å². The fourth-order valence-corrected chi connectivity index (χ4v) is 4.09. The van der Waals surface area contributed by atoms with Crippen molar-refractivity contribution in [3.63, 3.8) is 0 Å². The zero-order valence-corrected chi connectivity index (χ0v) is 19.7. The van der Waals surface area contributed by atoms with E-state index in [-0.39, 0.29) is 24.4 Å². The molecule has 0 saturated heterocycles. The van der Waals surface area contributed by atoms with Crippen LogP contribution in [0.15, 0.2) is 48.8 Å². The van der Waals surface area contributed by atoms with Crippen LogP contribution in [0.25, 0.3) is 11.3 Å². The zero-order valence-electron chi connectivity index (χ0n) is 18.1. The molecule has 2 N–H and O–H groups in total. The first kappa shape index (κ1) is 23.9. The number of hydrogen-bond donors (Lipinski definition) is 2. The molecule has 34 heavy (non-hydrogen) atoms. The zero-order chi connectivity index (χ0) is 24.3. The molecule has 1 aliphatic heterocycles. The number of carbonyl (C=O) groups excluding carboxylic acids is 1. The molecular formula is C22H21ClFN5O4S. The summed E-state index contributed by atoms with van der Waals surface area (Å²) < 4.78 is 44.7. The number of hydrogen-bond acceptors (Lipinski definition) is 7. The Bertz CT molecular complexity index is 1340. The minimum atomic E-state index is -3.37. The summed E-state index contributed by atoms with van der Waals surface area (Å²) in [7, 11) is -3.37. The molecule has 12 heteroatoms. The summed E-state index contributed by atoms with van der Waals surface area (Å²) in [6.07, 6.45) is 4.07. The molecule has 0 unspecified atom stereocenters. The molecule has 0 radical (unpaired) electrons. The standard InChI is InChI=1S/C22H21ClFN5O4S/c1-34(31,32)27-7-5-22(30)28-21-11-15(4-6-25-21)29-8-9-33-20-13-26-18(12-19(20)29)16-10-14(23)2-3-17(16)24/h2-4,6,10-13,27H,5,7-9H2,1H3,(H,25,28,30). The van der Waals surface area contributed by atoms with Crippen molar-refractivity contribution in [3.05, 3.63) is 59.6 Å². The summed E-state index contributed by atoms with van der Waals surface area (Å²) in [6.45, 7) is 0.891. The van der Waals surface area contributed by atoms with Gasteiger partial charge in [-0.1, -0.05) is 11.6 Å². The number of halogens is 2. The number of fused-ring (bicyclic) bond motifs is 1. The van der Waals surface area contributed by atoms with Gasteiger partial charge in [-0.15, -0.1) is 0 Å². The van der Waals surface area contributed by atoms with Crippen LogP contribution in [0.3, 0.4) is 0 Å². The van der Waals surface area contributed by atoms with E-state index in [2.05, 4.69) is 20.0 Å². The molecule has 0 atom stereocenters. The van der Waals surface area contributed by atoms with Gasteiger partial charge >= 0.3 is 0 Å². The van der Waals surface area contributed by atoms with E-state index in [1.54, 1.807) is 24.4 Å². The number of ether oxygens (including phenoxy) is 1. The van der Waals surface area contributed by atoms with Crippen molar-refractivity contribution in [1.29, 1.82) is 0 Å². The molecule has 1 aliphatic rings. The molecule has 1 aromatic carbocycles. The Morgan fingerprint density at radius 2 is 2.06 bits per heavy atom. The normalized spacial score (nSPS) is 13.2. The van der Waals surface area contributed by atoms with Crippen LogP contribution in [0.1, 0.15) is 6.42 Å². The molecule has 0 bridgehead atoms. The Morgan fingerprint density at radius 1 is 1.24 bits per heavy atom. The Balaban J connectivity index is 1.57. The van der Waals surface area contributed by atoms with Crippen LogP contribution in [0.2, 0.25) is 5.02 Å². The van der Waals surface area contributed by atoms with Gasteiger partial charge in [0, 0.05) is 41.5 Å². The van der Waals surface area contributed by atoms with Gasteiger partial charge in [-0.25, -0.2) is 22.5 Å². The molecule has 178 valence electrons. The molecule has 0 fully saturated rings. The third-order valence-electron chi connectivity index (χ3n) is 4.95. The molecule has 0 spiro atoms. The van der Waals surface area contributed by atoms with Gasteiger partial charge in [-0.05, 0) is 30.3 Å². The molecule has 4 rings (SSSR count). The van der Waals surface area contributed by atoms with E-state index in [4.69, 9.17) is 16.3 Å². The number of rotatable bonds is 7. The maximum Gasteiger partial charge on any atom is 0.226 e. The summed E-state index contributed by atoms with van der Waals surface area (Å²) in [5.41, 5.74) is 2.07. The predicted molar refractivity (Wildman–Crippen MR) is 127 cm³/mol. The van der Waals surface area contributed by atoms with E-state index in [0.29, 0.717) is 41.1 Å². The van der Waals surface area contributed by atoms with Gasteiger partial charge in [-0.3, -0.25) is 9.78 Å². The van der Waals surface area contributed by atoms with Crippen molar-refractivity contribution >= 4 is 44.7 Å². The molecular weight excluding hydrogens is 485 g/mol. The fraction of sp³-hybridized carbons (Fsp3) is 0.227. The third kappa shape index (κ3) is 5.79. The Kier molecular flexibility index (Phi) is 6.96. The maximum absolute atomic E-state index is 14.4. The number of nitrogens with zero attached hydrogens (tertiary/aromatic N) is 3. The van der Waals surface area contributed by atoms with Crippen molar-refractivity contribution in [3.8, 4) is 17.0 Å². The Morgan fingerprint density at radius 3 is 2.85 bits per heavy atom. The lowest BCUT2D eigenvalue weighted by atomic mass is 10.1. The van der Waals surface area contributed by atoms with Crippen LogP contribution in [0.5, 0.6) is 5.75 Å². The minimum absolute atomic E-state index is 0.0168. The van der Waals surface area contributed by atoms with E-state index in [1.807, 2.05) is 4.90 Å². The van der Waals surface area contributed by atoms with E-state index in [0.717, 1.165) is 11.9 Å². The predicted octanol–water partition coefficient (Wildman–Crippen LogP) is 3.34. The van der Waals surface area contributed by atoms with Gasteiger partial charge in [0.15, 0.2) is 5.75 Å². The molecule has 0 aliphatic carbocycles. The quantitative estimate of drug-likeness (QED) is 0.506. The van der Waals surface area contributed by atoms with Crippen LogP contribution in [-0.2, 0) is 14.8 Å². The highest BCUT2D eigenvalue weighted by Gasteiger charge is 2.22. The van der Waals surface area contributed by atoms with Gasteiger partial charge in [0.05, 0.1) is 30.4 Å². The molecule has 2 aromatic heterocycles. The van der Waals surface area contributed by atoms with E-state index in [1.165, 1.54) is 24.4 Å². The van der Waals surface area contributed by atoms with Crippen molar-refractivity contribution in [1.82, 2.24) is 14.7 Å². The fourth-order valence-electron chi connectivity index (χ4n) is 3.44. The number of nitrogens with one attached hydrogen (secondary N) is 2. The molecule has 3 aromatic rings. The molecule has 1 amide bonds. The van der Waals surface area contributed by atoms with E-state index < -0.39 is 15.8 Å². The number of pyridine rings is 2. The number of aromatic nitrogens is 2. The topological polar surface area (TPSA) is 114 Å². The summed E-state index contributed by atoms with van der Waals surface area (Å²) >= 11 is 6.04. The van der Waals surface area contributed by atoms with Crippen LogP contribution in [0, 0.1) is 5.82 Å². The van der Waals surface area contributed by atoms with Crippen LogP contribution in [-0.4, -0.2) is 50.2 Å². The molecule has 0 saturated carbocycles. The first-order valence-corrected chi connectivity index (χ1v) is 12.5. The average molecular weight is 506 g/mol. The second-order valence-electron chi connectivity index (χ2n) is 7.53. The van der Waals surface area contributed by atoms with E-state index in [9.17, 15) is 17.6 Å². The Labute approximate surface area is 201 Å². The van der Waals surface area contributed by atoms with Gasteiger partial charge in [0.2, 0.25) is 15.9 Å². The van der Waals surface area contributed by atoms with Crippen LogP contribution >= 0.6 is 11.6 Å². The largest absolute Gasteiger partial charge is 0.488 e. The van der Waals surface area contributed by atoms with Gasteiger partial charge in [-0.2, -0.15) is 0 Å². The lowest BCUT2D eigenvalue weighted by Gasteiger charge is -2.31. The monoisotopic (exact) mass is 505 g/mol. The van der Waals surface area contributed by atoms with Gasteiger partial charge < -0.3 is 15.0 Å². The summed E-state index contributed by atoms with van der Waals surface area (Å²) in [5.74, 6) is 0.0160. The molecule has 3 heterocycles.